The molecule has 0 aliphatic heterocycles. The van der Waals surface area contributed by atoms with Crippen molar-refractivity contribution in [3.8, 4) is 5.75 Å². The van der Waals surface area contributed by atoms with Crippen molar-refractivity contribution in [2.75, 3.05) is 5.32 Å². The molecule has 0 saturated carbocycles. The van der Waals surface area contributed by atoms with Gasteiger partial charge in [0, 0.05) is 22.7 Å². The van der Waals surface area contributed by atoms with Crippen LogP contribution in [0.15, 0.2) is 51.8 Å². The normalized spacial score (nSPS) is 10.8. The quantitative estimate of drug-likeness (QED) is 0.730. The van der Waals surface area contributed by atoms with Gasteiger partial charge in [-0.05, 0) is 46.3 Å². The third-order valence-corrected chi connectivity index (χ3v) is 4.00. The molecule has 0 radical (unpaired) electrons. The molecule has 0 aromatic heterocycles. The van der Waals surface area contributed by atoms with Crippen molar-refractivity contribution >= 4 is 33.4 Å². The maximum atomic E-state index is 12.2. The summed E-state index contributed by atoms with van der Waals surface area (Å²) in [6.45, 7) is 0.451. The van der Waals surface area contributed by atoms with Crippen LogP contribution >= 0.6 is 27.7 Å². The van der Waals surface area contributed by atoms with Gasteiger partial charge in [0.05, 0.1) is 4.47 Å². The summed E-state index contributed by atoms with van der Waals surface area (Å²) in [7, 11) is 0. The summed E-state index contributed by atoms with van der Waals surface area (Å²) in [5.41, 5.74) is 1.56. The van der Waals surface area contributed by atoms with Crippen molar-refractivity contribution in [2.24, 2.45) is 0 Å². The lowest BCUT2D eigenvalue weighted by Gasteiger charge is -2.09. The van der Waals surface area contributed by atoms with Gasteiger partial charge in [-0.25, -0.2) is 0 Å². The topological polar surface area (TPSA) is 32.3 Å². The maximum Gasteiger partial charge on any atom is 0.288 e. The number of rotatable bonds is 5. The van der Waals surface area contributed by atoms with Gasteiger partial charge in [0.2, 0.25) is 0 Å². The SMILES string of the molecule is Oc1c(Br)cccc1CNc1ccc(SC(F)F)cc1. The van der Waals surface area contributed by atoms with Crippen LogP contribution in [0.1, 0.15) is 5.56 Å². The van der Waals surface area contributed by atoms with E-state index in [0.29, 0.717) is 27.7 Å². The smallest absolute Gasteiger partial charge is 0.288 e. The number of nitrogens with one attached hydrogen (secondary N) is 1. The number of halogens is 3. The molecular weight excluding hydrogens is 348 g/mol. The summed E-state index contributed by atoms with van der Waals surface area (Å²) in [6.07, 6.45) is 0. The number of para-hydroxylation sites is 1. The van der Waals surface area contributed by atoms with E-state index < -0.39 is 5.76 Å². The summed E-state index contributed by atoms with van der Waals surface area (Å²) in [6, 6.07) is 12.2. The molecule has 20 heavy (non-hydrogen) atoms. The van der Waals surface area contributed by atoms with Gasteiger partial charge in [0.25, 0.3) is 5.76 Å². The highest BCUT2D eigenvalue weighted by atomic mass is 79.9. The number of benzene rings is 2. The lowest BCUT2D eigenvalue weighted by atomic mass is 10.2. The minimum Gasteiger partial charge on any atom is -0.506 e. The Hall–Kier alpha value is -1.27. The summed E-state index contributed by atoms with van der Waals surface area (Å²) in [5, 5.41) is 13.0. The predicted molar refractivity (Wildman–Crippen MR) is 81.4 cm³/mol. The van der Waals surface area contributed by atoms with Crippen molar-refractivity contribution in [1.82, 2.24) is 0 Å². The molecule has 0 unspecified atom stereocenters. The van der Waals surface area contributed by atoms with Gasteiger partial charge >= 0.3 is 0 Å². The molecule has 0 aliphatic carbocycles. The molecule has 2 aromatic rings. The lowest BCUT2D eigenvalue weighted by molar-refractivity contribution is 0.252. The number of thioether (sulfide) groups is 1. The van der Waals surface area contributed by atoms with Gasteiger partial charge in [-0.3, -0.25) is 0 Å². The van der Waals surface area contributed by atoms with Gasteiger partial charge in [-0.2, -0.15) is 8.78 Å². The molecule has 2 N–H and O–H groups in total. The first-order valence-corrected chi connectivity index (χ1v) is 7.48. The van der Waals surface area contributed by atoms with E-state index in [0.717, 1.165) is 11.3 Å². The zero-order valence-electron chi connectivity index (χ0n) is 10.3. The van der Waals surface area contributed by atoms with E-state index >= 15 is 0 Å². The van der Waals surface area contributed by atoms with Gasteiger partial charge in [0.1, 0.15) is 5.75 Å². The zero-order valence-corrected chi connectivity index (χ0v) is 12.7. The summed E-state index contributed by atoms with van der Waals surface area (Å²) in [4.78, 5) is 0.524. The van der Waals surface area contributed by atoms with E-state index in [2.05, 4.69) is 21.2 Å². The van der Waals surface area contributed by atoms with Crippen LogP contribution in [0.4, 0.5) is 14.5 Å². The first kappa shape index (κ1) is 15.1. The predicted octanol–water partition coefficient (Wildman–Crippen LogP) is 5.08. The fourth-order valence-electron chi connectivity index (χ4n) is 1.65. The second-order valence-electron chi connectivity index (χ2n) is 4.00. The van der Waals surface area contributed by atoms with Crippen LogP contribution in [0.25, 0.3) is 0 Å². The van der Waals surface area contributed by atoms with Gasteiger partial charge in [-0.1, -0.05) is 23.9 Å². The van der Waals surface area contributed by atoms with Crippen LogP contribution < -0.4 is 5.32 Å². The standard InChI is InChI=1S/C14H12BrF2NOS/c15-12-3-1-2-9(13(12)19)8-18-10-4-6-11(7-5-10)20-14(16)17/h1-7,14,18-19H,8H2. The molecule has 2 aromatic carbocycles. The first-order valence-electron chi connectivity index (χ1n) is 5.81. The Labute approximate surface area is 128 Å². The number of phenols is 1. The summed E-state index contributed by atoms with van der Waals surface area (Å²) in [5.74, 6) is -2.21. The van der Waals surface area contributed by atoms with Crippen molar-refractivity contribution in [1.29, 1.82) is 0 Å². The fraction of sp³-hybridized carbons (Fsp3) is 0.143. The van der Waals surface area contributed by atoms with Crippen molar-refractivity contribution in [3.63, 3.8) is 0 Å². The van der Waals surface area contributed by atoms with Crippen molar-refractivity contribution in [2.45, 2.75) is 17.2 Å². The van der Waals surface area contributed by atoms with E-state index in [1.165, 1.54) is 0 Å². The Balaban J connectivity index is 1.99. The highest BCUT2D eigenvalue weighted by Gasteiger charge is 2.06. The molecular formula is C14H12BrF2NOS. The molecule has 6 heteroatoms. The Morgan fingerprint density at radius 3 is 2.50 bits per heavy atom. The van der Waals surface area contributed by atoms with Crippen molar-refractivity contribution in [3.05, 3.63) is 52.5 Å². The van der Waals surface area contributed by atoms with Gasteiger partial charge in [0.15, 0.2) is 0 Å². The number of alkyl halides is 2. The minimum atomic E-state index is -2.41. The van der Waals surface area contributed by atoms with Crippen LogP contribution in [-0.4, -0.2) is 10.9 Å². The molecule has 0 amide bonds. The van der Waals surface area contributed by atoms with Crippen molar-refractivity contribution < 1.29 is 13.9 Å². The van der Waals surface area contributed by atoms with Crippen LogP contribution in [0.5, 0.6) is 5.75 Å². The summed E-state index contributed by atoms with van der Waals surface area (Å²) >= 11 is 3.77. The number of phenolic OH excluding ortho intramolecular Hbond substituents is 1. The first-order chi connectivity index (χ1) is 9.56. The molecule has 0 fully saturated rings. The van der Waals surface area contributed by atoms with E-state index in [4.69, 9.17) is 0 Å². The van der Waals surface area contributed by atoms with E-state index in [1.54, 1.807) is 30.3 Å². The Morgan fingerprint density at radius 2 is 1.85 bits per heavy atom. The second kappa shape index (κ2) is 6.95. The summed E-state index contributed by atoms with van der Waals surface area (Å²) < 4.78 is 25.0. The number of hydrogen-bond acceptors (Lipinski definition) is 3. The Morgan fingerprint density at radius 1 is 1.15 bits per heavy atom. The Bertz CT molecular complexity index is 578. The molecule has 0 bridgehead atoms. The molecule has 0 atom stereocenters. The average molecular weight is 360 g/mol. The molecule has 2 rings (SSSR count). The Kier molecular flexibility index (Phi) is 5.25. The van der Waals surface area contributed by atoms with E-state index in [-0.39, 0.29) is 5.75 Å². The minimum absolute atomic E-state index is 0.199. The number of hydrogen-bond donors (Lipinski definition) is 2. The molecule has 0 saturated heterocycles. The maximum absolute atomic E-state index is 12.2. The van der Waals surface area contributed by atoms with Crippen LogP contribution in [-0.2, 0) is 6.54 Å². The molecule has 2 nitrogen and oxygen atoms in total. The highest BCUT2D eigenvalue weighted by Crippen LogP contribution is 2.29. The molecule has 106 valence electrons. The monoisotopic (exact) mass is 359 g/mol. The van der Waals surface area contributed by atoms with Gasteiger partial charge in [-0.15, -0.1) is 0 Å². The highest BCUT2D eigenvalue weighted by molar-refractivity contribution is 9.10. The number of aromatic hydroxyl groups is 1. The fourth-order valence-corrected chi connectivity index (χ4v) is 2.56. The molecule has 0 spiro atoms. The third-order valence-electron chi connectivity index (χ3n) is 2.63. The van der Waals surface area contributed by atoms with E-state index in [1.807, 2.05) is 12.1 Å². The van der Waals surface area contributed by atoms with E-state index in [9.17, 15) is 13.9 Å². The largest absolute Gasteiger partial charge is 0.506 e. The van der Waals surface area contributed by atoms with Crippen LogP contribution in [0, 0.1) is 0 Å². The zero-order chi connectivity index (χ0) is 14.5. The van der Waals surface area contributed by atoms with Crippen LogP contribution in [0.3, 0.4) is 0 Å². The van der Waals surface area contributed by atoms with Gasteiger partial charge < -0.3 is 10.4 Å². The molecule has 0 heterocycles. The van der Waals surface area contributed by atoms with Crippen LogP contribution in [0.2, 0.25) is 0 Å². The second-order valence-corrected chi connectivity index (χ2v) is 5.92. The average Bonchev–Trinajstić information content (AvgIpc) is 2.41. The lowest BCUT2D eigenvalue weighted by Crippen LogP contribution is -1.99. The molecule has 0 aliphatic rings. The third kappa shape index (κ3) is 4.11. The number of anilines is 1.